The van der Waals surface area contributed by atoms with Crippen molar-refractivity contribution in [3.05, 3.63) is 35.9 Å². The first-order chi connectivity index (χ1) is 8.10. The molecule has 1 aliphatic heterocycles. The van der Waals surface area contributed by atoms with Crippen molar-refractivity contribution in [3.8, 4) is 0 Å². The van der Waals surface area contributed by atoms with Crippen LogP contribution in [0.15, 0.2) is 30.3 Å². The van der Waals surface area contributed by atoms with Crippen LogP contribution in [0, 0.1) is 0 Å². The molecule has 1 aromatic carbocycles. The van der Waals surface area contributed by atoms with Gasteiger partial charge in [0.2, 0.25) is 0 Å². The standard InChI is InChI=1S/C11H13N3O3/c12-11(7-13-9(11)15)14-10(16)17-6-8-4-2-1-3-5-8/h1-5H,6-7,12H2,(H,13,15)(H,14,16)/t11-/m0/s1. The zero-order chi connectivity index (χ0) is 12.3. The van der Waals surface area contributed by atoms with Crippen molar-refractivity contribution in [2.45, 2.75) is 12.3 Å². The number of β-lactam (4-membered cyclic amide) rings is 1. The highest BCUT2D eigenvalue weighted by molar-refractivity contribution is 5.94. The highest BCUT2D eigenvalue weighted by Gasteiger charge is 2.44. The van der Waals surface area contributed by atoms with Gasteiger partial charge in [0.1, 0.15) is 6.61 Å². The van der Waals surface area contributed by atoms with Crippen molar-refractivity contribution in [2.75, 3.05) is 6.54 Å². The van der Waals surface area contributed by atoms with Crippen LogP contribution in [-0.4, -0.2) is 24.2 Å². The van der Waals surface area contributed by atoms with E-state index >= 15 is 0 Å². The van der Waals surface area contributed by atoms with Crippen molar-refractivity contribution in [1.82, 2.24) is 10.6 Å². The fourth-order valence-corrected chi connectivity index (χ4v) is 1.39. The second kappa shape index (κ2) is 4.42. The van der Waals surface area contributed by atoms with Crippen molar-refractivity contribution < 1.29 is 14.3 Å². The summed E-state index contributed by atoms with van der Waals surface area (Å²) in [4.78, 5) is 22.4. The number of benzene rings is 1. The molecular weight excluding hydrogens is 222 g/mol. The second-order valence-electron chi connectivity index (χ2n) is 3.84. The van der Waals surface area contributed by atoms with Crippen LogP contribution in [0.2, 0.25) is 0 Å². The molecule has 6 nitrogen and oxygen atoms in total. The topological polar surface area (TPSA) is 93.4 Å². The summed E-state index contributed by atoms with van der Waals surface area (Å²) in [5.41, 5.74) is 5.13. The van der Waals surface area contributed by atoms with Crippen LogP contribution in [0.25, 0.3) is 0 Å². The van der Waals surface area contributed by atoms with Gasteiger partial charge >= 0.3 is 6.09 Å². The summed E-state index contributed by atoms with van der Waals surface area (Å²) in [5.74, 6) is -0.408. The molecule has 1 atom stereocenters. The number of nitrogens with one attached hydrogen (secondary N) is 2. The number of rotatable bonds is 3. The van der Waals surface area contributed by atoms with Crippen molar-refractivity contribution in [3.63, 3.8) is 0 Å². The molecule has 1 aliphatic rings. The number of amides is 2. The lowest BCUT2D eigenvalue weighted by Crippen LogP contribution is -2.78. The monoisotopic (exact) mass is 235 g/mol. The lowest BCUT2D eigenvalue weighted by molar-refractivity contribution is -0.134. The molecule has 90 valence electrons. The number of nitrogens with two attached hydrogens (primary N) is 1. The predicted octanol–water partition coefficient (Wildman–Crippen LogP) is -0.302. The van der Waals surface area contributed by atoms with Gasteiger partial charge < -0.3 is 10.1 Å². The van der Waals surface area contributed by atoms with Gasteiger partial charge in [-0.3, -0.25) is 15.8 Å². The Labute approximate surface area is 98.1 Å². The minimum atomic E-state index is -1.33. The van der Waals surface area contributed by atoms with Crippen LogP contribution < -0.4 is 16.4 Å². The third-order valence-electron chi connectivity index (χ3n) is 2.47. The van der Waals surface area contributed by atoms with E-state index in [0.717, 1.165) is 5.56 Å². The summed E-state index contributed by atoms with van der Waals surface area (Å²) in [6.07, 6.45) is -0.703. The van der Waals surface area contributed by atoms with Crippen molar-refractivity contribution >= 4 is 12.0 Å². The molecule has 4 N–H and O–H groups in total. The Morgan fingerprint density at radius 2 is 2.18 bits per heavy atom. The zero-order valence-electron chi connectivity index (χ0n) is 9.10. The fourth-order valence-electron chi connectivity index (χ4n) is 1.39. The van der Waals surface area contributed by atoms with E-state index in [0.29, 0.717) is 0 Å². The summed E-state index contributed by atoms with van der Waals surface area (Å²) in [6, 6.07) is 9.24. The Bertz CT molecular complexity index is 435. The van der Waals surface area contributed by atoms with Crippen molar-refractivity contribution in [2.24, 2.45) is 5.73 Å². The molecule has 2 rings (SSSR count). The van der Waals surface area contributed by atoms with Crippen molar-refractivity contribution in [1.29, 1.82) is 0 Å². The number of ether oxygens (including phenoxy) is 1. The average molecular weight is 235 g/mol. The fraction of sp³-hybridized carbons (Fsp3) is 0.273. The Hall–Kier alpha value is -2.08. The van der Waals surface area contributed by atoms with Gasteiger partial charge in [0.05, 0.1) is 6.54 Å². The molecule has 0 radical (unpaired) electrons. The minimum Gasteiger partial charge on any atom is -0.445 e. The smallest absolute Gasteiger partial charge is 0.409 e. The number of carbonyl (C=O) groups is 2. The van der Waals surface area contributed by atoms with Crippen LogP contribution in [0.4, 0.5) is 4.79 Å². The zero-order valence-corrected chi connectivity index (χ0v) is 9.10. The average Bonchev–Trinajstić information content (AvgIpc) is 2.36. The van der Waals surface area contributed by atoms with E-state index in [1.165, 1.54) is 0 Å². The molecule has 0 spiro atoms. The first-order valence-electron chi connectivity index (χ1n) is 5.16. The van der Waals surface area contributed by atoms with Crippen LogP contribution in [0.5, 0.6) is 0 Å². The van der Waals surface area contributed by atoms with E-state index in [1.807, 2.05) is 30.3 Å². The third-order valence-corrected chi connectivity index (χ3v) is 2.47. The maximum absolute atomic E-state index is 11.4. The van der Waals surface area contributed by atoms with Gasteiger partial charge in [-0.2, -0.15) is 0 Å². The Kier molecular flexibility index (Phi) is 2.97. The van der Waals surface area contributed by atoms with Gasteiger partial charge in [-0.05, 0) is 5.56 Å². The lowest BCUT2D eigenvalue weighted by atomic mass is 10.0. The van der Waals surface area contributed by atoms with Crippen LogP contribution >= 0.6 is 0 Å². The molecule has 2 amide bonds. The molecule has 1 aromatic rings. The number of alkyl carbamates (subject to hydrolysis) is 1. The van der Waals surface area contributed by atoms with E-state index in [-0.39, 0.29) is 13.2 Å². The van der Waals surface area contributed by atoms with Gasteiger partial charge in [-0.15, -0.1) is 0 Å². The molecule has 0 aromatic heterocycles. The molecule has 1 saturated heterocycles. The Balaban J connectivity index is 1.80. The van der Waals surface area contributed by atoms with E-state index < -0.39 is 17.7 Å². The largest absolute Gasteiger partial charge is 0.445 e. The summed E-state index contributed by atoms with van der Waals surface area (Å²) in [7, 11) is 0. The molecule has 6 heteroatoms. The Morgan fingerprint density at radius 3 is 2.71 bits per heavy atom. The van der Waals surface area contributed by atoms with Crippen LogP contribution in [0.1, 0.15) is 5.56 Å². The van der Waals surface area contributed by atoms with Gasteiger partial charge in [0.15, 0.2) is 5.66 Å². The molecule has 0 bridgehead atoms. The van der Waals surface area contributed by atoms with Gasteiger partial charge in [-0.1, -0.05) is 30.3 Å². The second-order valence-corrected chi connectivity index (χ2v) is 3.84. The maximum Gasteiger partial charge on any atom is 0.409 e. The maximum atomic E-state index is 11.4. The normalized spacial score (nSPS) is 22.3. The molecule has 0 saturated carbocycles. The molecule has 0 aliphatic carbocycles. The highest BCUT2D eigenvalue weighted by atomic mass is 16.5. The molecule has 1 fully saturated rings. The highest BCUT2D eigenvalue weighted by Crippen LogP contribution is 2.06. The Morgan fingerprint density at radius 1 is 1.47 bits per heavy atom. The van der Waals surface area contributed by atoms with Crippen LogP contribution in [-0.2, 0) is 16.1 Å². The number of hydrogen-bond donors (Lipinski definition) is 3. The summed E-state index contributed by atoms with van der Waals surface area (Å²) in [5, 5.41) is 4.76. The number of carbonyl (C=O) groups excluding carboxylic acids is 2. The number of hydrogen-bond acceptors (Lipinski definition) is 4. The summed E-state index contributed by atoms with van der Waals surface area (Å²) < 4.78 is 4.94. The first kappa shape index (κ1) is 11.4. The lowest BCUT2D eigenvalue weighted by Gasteiger charge is -2.36. The van der Waals surface area contributed by atoms with Gasteiger partial charge in [-0.25, -0.2) is 4.79 Å². The SMILES string of the molecule is N[C@]1(NC(=O)OCc2ccccc2)CNC1=O. The third kappa shape index (κ3) is 2.54. The minimum absolute atomic E-state index is 0.143. The van der Waals surface area contributed by atoms with Gasteiger partial charge in [0, 0.05) is 0 Å². The molecule has 17 heavy (non-hydrogen) atoms. The summed E-state index contributed by atoms with van der Waals surface area (Å²) >= 11 is 0. The molecule has 1 heterocycles. The molecular formula is C11H13N3O3. The van der Waals surface area contributed by atoms with Crippen LogP contribution in [0.3, 0.4) is 0 Å². The quantitative estimate of drug-likeness (QED) is 0.495. The van der Waals surface area contributed by atoms with E-state index in [4.69, 9.17) is 10.5 Å². The van der Waals surface area contributed by atoms with Gasteiger partial charge in [0.25, 0.3) is 5.91 Å². The van der Waals surface area contributed by atoms with E-state index in [9.17, 15) is 9.59 Å². The predicted molar refractivity (Wildman–Crippen MR) is 59.7 cm³/mol. The van der Waals surface area contributed by atoms with E-state index in [1.54, 1.807) is 0 Å². The van der Waals surface area contributed by atoms with E-state index in [2.05, 4.69) is 10.6 Å². The first-order valence-corrected chi connectivity index (χ1v) is 5.16. The summed E-state index contributed by atoms with van der Waals surface area (Å²) in [6.45, 7) is 0.358. The molecule has 0 unspecified atom stereocenters.